The van der Waals surface area contributed by atoms with E-state index < -0.39 is 6.09 Å². The highest BCUT2D eigenvalue weighted by Crippen LogP contribution is 2.23. The van der Waals surface area contributed by atoms with Crippen LogP contribution in [0.2, 0.25) is 0 Å². The van der Waals surface area contributed by atoms with E-state index in [4.69, 9.17) is 9.47 Å². The molecule has 0 aromatic rings. The fourth-order valence-electron chi connectivity index (χ4n) is 2.52. The lowest BCUT2D eigenvalue weighted by Crippen LogP contribution is -2.46. The van der Waals surface area contributed by atoms with Crippen molar-refractivity contribution in [3.63, 3.8) is 0 Å². The maximum Gasteiger partial charge on any atom is 0.410 e. The minimum atomic E-state index is -0.451. The molecule has 0 aromatic heterocycles. The van der Waals surface area contributed by atoms with Crippen LogP contribution in [0.4, 0.5) is 4.79 Å². The van der Waals surface area contributed by atoms with Crippen LogP contribution in [-0.4, -0.2) is 55.0 Å². The Hall–Kier alpha value is -2.08. The van der Waals surface area contributed by atoms with Gasteiger partial charge in [0.1, 0.15) is 6.61 Å². The first-order valence-electron chi connectivity index (χ1n) is 7.60. The highest BCUT2D eigenvalue weighted by Gasteiger charge is 2.31. The summed E-state index contributed by atoms with van der Waals surface area (Å²) < 4.78 is 10.3. The van der Waals surface area contributed by atoms with Crippen LogP contribution >= 0.6 is 0 Å². The Morgan fingerprint density at radius 3 is 2.52 bits per heavy atom. The van der Waals surface area contributed by atoms with E-state index in [-0.39, 0.29) is 37.6 Å². The quantitative estimate of drug-likeness (QED) is 0.572. The maximum absolute atomic E-state index is 12.2. The van der Waals surface area contributed by atoms with Gasteiger partial charge in [0.05, 0.1) is 6.61 Å². The number of esters is 1. The van der Waals surface area contributed by atoms with Crippen LogP contribution in [-0.2, 0) is 14.3 Å². The zero-order chi connectivity index (χ0) is 17.2. The predicted molar refractivity (Wildman–Crippen MR) is 86.7 cm³/mol. The van der Waals surface area contributed by atoms with Crippen LogP contribution in [0.5, 0.6) is 0 Å². The van der Waals surface area contributed by atoms with E-state index in [1.54, 1.807) is 23.1 Å². The third-order valence-electron chi connectivity index (χ3n) is 3.62. The molecular formula is C17H25NO5. The first-order valence-corrected chi connectivity index (χ1v) is 7.60. The van der Waals surface area contributed by atoms with Crippen molar-refractivity contribution in [2.75, 3.05) is 32.9 Å². The average Bonchev–Trinajstić information content (AvgIpc) is 2.55. The van der Waals surface area contributed by atoms with Crippen LogP contribution in [0, 0.1) is 11.8 Å². The molecule has 1 saturated heterocycles. The van der Waals surface area contributed by atoms with Gasteiger partial charge in [-0.1, -0.05) is 31.4 Å². The highest BCUT2D eigenvalue weighted by atomic mass is 16.6. The van der Waals surface area contributed by atoms with Gasteiger partial charge in [0.15, 0.2) is 0 Å². The van der Waals surface area contributed by atoms with Crippen LogP contribution in [0.1, 0.15) is 13.3 Å². The molecule has 1 heterocycles. The minimum Gasteiger partial charge on any atom is -0.466 e. The molecule has 1 rings (SSSR count). The summed E-state index contributed by atoms with van der Waals surface area (Å²) in [4.78, 5) is 24.7. The maximum atomic E-state index is 12.2. The summed E-state index contributed by atoms with van der Waals surface area (Å²) >= 11 is 0. The molecule has 0 radical (unpaired) electrons. The van der Waals surface area contributed by atoms with Crippen molar-refractivity contribution in [2.24, 2.45) is 11.8 Å². The SMILES string of the molecule is C=C/C=C(\C=C)COC(=O)N1CC(COC(C)=O)C[C@@H](CO)C1. The summed E-state index contributed by atoms with van der Waals surface area (Å²) in [5, 5.41) is 9.39. The van der Waals surface area contributed by atoms with Crippen molar-refractivity contribution < 1.29 is 24.2 Å². The van der Waals surface area contributed by atoms with Gasteiger partial charge in [-0.2, -0.15) is 0 Å². The van der Waals surface area contributed by atoms with E-state index in [1.165, 1.54) is 6.92 Å². The lowest BCUT2D eigenvalue weighted by Gasteiger charge is -2.36. The number of aliphatic hydroxyl groups excluding tert-OH is 1. The van der Waals surface area contributed by atoms with Gasteiger partial charge < -0.3 is 19.5 Å². The van der Waals surface area contributed by atoms with E-state index in [0.29, 0.717) is 19.5 Å². The molecule has 1 N–H and O–H groups in total. The zero-order valence-electron chi connectivity index (χ0n) is 13.6. The number of carbonyl (C=O) groups is 2. The summed E-state index contributed by atoms with van der Waals surface area (Å²) in [6, 6.07) is 0. The molecular weight excluding hydrogens is 298 g/mol. The largest absolute Gasteiger partial charge is 0.466 e. The van der Waals surface area contributed by atoms with E-state index in [2.05, 4.69) is 13.2 Å². The van der Waals surface area contributed by atoms with Crippen molar-refractivity contribution in [2.45, 2.75) is 13.3 Å². The number of aliphatic hydroxyl groups is 1. The van der Waals surface area contributed by atoms with Gasteiger partial charge in [-0.25, -0.2) is 4.79 Å². The Labute approximate surface area is 137 Å². The number of likely N-dealkylation sites (tertiary alicyclic amines) is 1. The van der Waals surface area contributed by atoms with E-state index in [9.17, 15) is 14.7 Å². The number of ether oxygens (including phenoxy) is 2. The number of allylic oxidation sites excluding steroid dienone is 2. The number of piperidine rings is 1. The van der Waals surface area contributed by atoms with Gasteiger partial charge in [-0.15, -0.1) is 0 Å². The van der Waals surface area contributed by atoms with Gasteiger partial charge in [0.2, 0.25) is 0 Å². The summed E-state index contributed by atoms with van der Waals surface area (Å²) in [5.41, 5.74) is 0.750. The standard InChI is InChI=1S/C17H25NO5/c1-4-6-14(5-2)11-23-17(21)18-8-15(10-19)7-16(9-18)12-22-13(3)20/h4-6,15-16,19H,1-2,7-12H2,3H3/b14-6+/t15-,16?/m1/s1. The highest BCUT2D eigenvalue weighted by molar-refractivity contribution is 5.68. The van der Waals surface area contributed by atoms with Gasteiger partial charge in [0, 0.05) is 38.5 Å². The van der Waals surface area contributed by atoms with Gasteiger partial charge in [-0.3, -0.25) is 4.79 Å². The summed E-state index contributed by atoms with van der Waals surface area (Å²) in [5.74, 6) is -0.394. The number of rotatable bonds is 7. The Bertz CT molecular complexity index is 472. The van der Waals surface area contributed by atoms with Crippen molar-refractivity contribution in [3.05, 3.63) is 37.0 Å². The molecule has 0 aliphatic carbocycles. The molecule has 0 aromatic carbocycles. The van der Waals surface area contributed by atoms with Crippen molar-refractivity contribution in [3.8, 4) is 0 Å². The van der Waals surface area contributed by atoms with Crippen molar-refractivity contribution >= 4 is 12.1 Å². The monoisotopic (exact) mass is 323 g/mol. The Balaban J connectivity index is 2.59. The average molecular weight is 323 g/mol. The molecule has 6 nitrogen and oxygen atoms in total. The van der Waals surface area contributed by atoms with Gasteiger partial charge in [-0.05, 0) is 12.0 Å². The Morgan fingerprint density at radius 2 is 1.96 bits per heavy atom. The fourth-order valence-corrected chi connectivity index (χ4v) is 2.52. The number of nitrogens with zero attached hydrogens (tertiary/aromatic N) is 1. The smallest absolute Gasteiger partial charge is 0.410 e. The summed E-state index contributed by atoms with van der Waals surface area (Å²) in [7, 11) is 0. The van der Waals surface area contributed by atoms with Crippen LogP contribution in [0.15, 0.2) is 37.0 Å². The predicted octanol–water partition coefficient (Wildman–Crippen LogP) is 1.91. The molecule has 1 amide bonds. The molecule has 23 heavy (non-hydrogen) atoms. The van der Waals surface area contributed by atoms with Crippen LogP contribution in [0.3, 0.4) is 0 Å². The zero-order valence-corrected chi connectivity index (χ0v) is 13.6. The summed E-state index contributed by atoms with van der Waals surface area (Å²) in [6.45, 7) is 9.79. The van der Waals surface area contributed by atoms with Crippen LogP contribution < -0.4 is 0 Å². The second-order valence-corrected chi connectivity index (χ2v) is 5.59. The first-order chi connectivity index (χ1) is 11.0. The third kappa shape index (κ3) is 6.69. The number of hydrogen-bond acceptors (Lipinski definition) is 5. The van der Waals surface area contributed by atoms with E-state index in [1.807, 2.05) is 0 Å². The molecule has 0 bridgehead atoms. The lowest BCUT2D eigenvalue weighted by atomic mass is 9.90. The number of amides is 1. The lowest BCUT2D eigenvalue weighted by molar-refractivity contribution is -0.143. The molecule has 1 unspecified atom stereocenters. The fraction of sp³-hybridized carbons (Fsp3) is 0.529. The molecule has 1 fully saturated rings. The van der Waals surface area contributed by atoms with Gasteiger partial charge in [0.25, 0.3) is 0 Å². The number of hydrogen-bond donors (Lipinski definition) is 1. The van der Waals surface area contributed by atoms with E-state index in [0.717, 1.165) is 5.57 Å². The third-order valence-corrected chi connectivity index (χ3v) is 3.62. The second kappa shape index (κ2) is 9.84. The Kier molecular flexibility index (Phi) is 8.11. The summed E-state index contributed by atoms with van der Waals surface area (Å²) in [6.07, 6.45) is 5.18. The molecule has 1 aliphatic rings. The van der Waals surface area contributed by atoms with E-state index >= 15 is 0 Å². The second-order valence-electron chi connectivity index (χ2n) is 5.59. The molecule has 1 aliphatic heterocycles. The number of carbonyl (C=O) groups excluding carboxylic acids is 2. The molecule has 0 saturated carbocycles. The first kappa shape index (κ1) is 19.0. The Morgan fingerprint density at radius 1 is 1.26 bits per heavy atom. The van der Waals surface area contributed by atoms with Crippen LogP contribution in [0.25, 0.3) is 0 Å². The normalized spacial score (nSPS) is 21.5. The van der Waals surface area contributed by atoms with Crippen molar-refractivity contribution in [1.82, 2.24) is 4.90 Å². The topological polar surface area (TPSA) is 76.1 Å². The minimum absolute atomic E-state index is 0.0000537. The molecule has 6 heteroatoms. The molecule has 2 atom stereocenters. The molecule has 0 spiro atoms. The molecule has 128 valence electrons. The van der Waals surface area contributed by atoms with Crippen molar-refractivity contribution in [1.29, 1.82) is 0 Å². The van der Waals surface area contributed by atoms with Gasteiger partial charge >= 0.3 is 12.1 Å².